The number of nitrogens with zero attached hydrogens (tertiary/aromatic N) is 1. The highest BCUT2D eigenvalue weighted by atomic mass is 16.5. The predicted octanol–water partition coefficient (Wildman–Crippen LogP) is 2.46. The van der Waals surface area contributed by atoms with E-state index in [4.69, 9.17) is 18.7 Å². The van der Waals surface area contributed by atoms with Crippen LogP contribution in [0.4, 0.5) is 0 Å². The zero-order valence-corrected chi connectivity index (χ0v) is 12.3. The molecule has 114 valence electrons. The highest BCUT2D eigenvalue weighted by Gasteiger charge is 2.10. The largest absolute Gasteiger partial charge is 0.493 e. The third-order valence-electron chi connectivity index (χ3n) is 2.94. The van der Waals surface area contributed by atoms with Gasteiger partial charge in [-0.15, -0.1) is 0 Å². The Morgan fingerprint density at radius 1 is 1.19 bits per heavy atom. The molecule has 0 fully saturated rings. The van der Waals surface area contributed by atoms with Gasteiger partial charge in [0.15, 0.2) is 17.3 Å². The average Bonchev–Trinajstić information content (AvgIpc) is 2.93. The smallest absolute Gasteiger partial charge is 0.162 e. The van der Waals surface area contributed by atoms with Crippen LogP contribution in [0.15, 0.2) is 28.8 Å². The summed E-state index contributed by atoms with van der Waals surface area (Å²) in [6, 6.07) is 7.08. The van der Waals surface area contributed by atoms with E-state index >= 15 is 0 Å². The molecule has 0 aliphatic carbocycles. The molecule has 0 saturated heterocycles. The second-order valence-electron chi connectivity index (χ2n) is 4.59. The third-order valence-corrected chi connectivity index (χ3v) is 2.94. The molecular formula is C15H19NO5. The van der Waals surface area contributed by atoms with Crippen LogP contribution in [0.25, 0.3) is 0 Å². The van der Waals surface area contributed by atoms with Gasteiger partial charge < -0.3 is 23.8 Å². The minimum atomic E-state index is -0.555. The van der Waals surface area contributed by atoms with Crippen molar-refractivity contribution in [2.45, 2.75) is 26.2 Å². The van der Waals surface area contributed by atoms with E-state index < -0.39 is 6.10 Å². The highest BCUT2D eigenvalue weighted by molar-refractivity contribution is 5.43. The van der Waals surface area contributed by atoms with Gasteiger partial charge >= 0.3 is 0 Å². The van der Waals surface area contributed by atoms with Gasteiger partial charge in [0, 0.05) is 13.2 Å². The Balaban J connectivity index is 2.04. The van der Waals surface area contributed by atoms with E-state index in [2.05, 4.69) is 5.16 Å². The van der Waals surface area contributed by atoms with E-state index in [0.29, 0.717) is 29.6 Å². The van der Waals surface area contributed by atoms with Crippen LogP contribution >= 0.6 is 0 Å². The molecule has 6 heteroatoms. The molecule has 21 heavy (non-hydrogen) atoms. The summed E-state index contributed by atoms with van der Waals surface area (Å²) in [5, 5.41) is 13.5. The fourth-order valence-electron chi connectivity index (χ4n) is 1.85. The third kappa shape index (κ3) is 3.96. The van der Waals surface area contributed by atoms with Crippen LogP contribution in [0.2, 0.25) is 0 Å². The Hall–Kier alpha value is -2.05. The van der Waals surface area contributed by atoms with Crippen molar-refractivity contribution in [2.75, 3.05) is 14.2 Å². The highest BCUT2D eigenvalue weighted by Crippen LogP contribution is 2.30. The molecule has 1 aromatic heterocycles. The van der Waals surface area contributed by atoms with Crippen LogP contribution in [-0.4, -0.2) is 24.5 Å². The Labute approximate surface area is 123 Å². The molecule has 0 radical (unpaired) electrons. The fourth-order valence-corrected chi connectivity index (χ4v) is 1.85. The van der Waals surface area contributed by atoms with Gasteiger partial charge in [-0.2, -0.15) is 0 Å². The first-order valence-corrected chi connectivity index (χ1v) is 6.56. The lowest BCUT2D eigenvalue weighted by molar-refractivity contribution is 0.155. The zero-order chi connectivity index (χ0) is 15.2. The molecular weight excluding hydrogens is 274 g/mol. The molecule has 0 spiro atoms. The van der Waals surface area contributed by atoms with Crippen LogP contribution in [-0.2, 0) is 18.0 Å². The molecule has 0 amide bonds. The number of ether oxygens (including phenoxy) is 3. The summed E-state index contributed by atoms with van der Waals surface area (Å²) in [5.74, 6) is 1.79. The van der Waals surface area contributed by atoms with Gasteiger partial charge in [-0.3, -0.25) is 0 Å². The normalized spacial score (nSPS) is 12.2. The van der Waals surface area contributed by atoms with Crippen LogP contribution in [0.5, 0.6) is 11.5 Å². The maximum absolute atomic E-state index is 9.57. The van der Waals surface area contributed by atoms with Crippen LogP contribution in [0.3, 0.4) is 0 Å². The van der Waals surface area contributed by atoms with Gasteiger partial charge in [-0.05, 0) is 24.6 Å². The van der Waals surface area contributed by atoms with E-state index in [1.54, 1.807) is 45.4 Å². The van der Waals surface area contributed by atoms with Crippen molar-refractivity contribution in [3.63, 3.8) is 0 Å². The minimum absolute atomic E-state index is 0.262. The molecule has 0 aliphatic rings. The van der Waals surface area contributed by atoms with Gasteiger partial charge in [0.05, 0.1) is 13.2 Å². The van der Waals surface area contributed by atoms with E-state index in [9.17, 15) is 5.11 Å². The van der Waals surface area contributed by atoms with E-state index in [1.165, 1.54) is 0 Å². The Morgan fingerprint density at radius 2 is 2.00 bits per heavy atom. The number of aromatic nitrogens is 1. The summed E-state index contributed by atoms with van der Waals surface area (Å²) in [6.07, 6.45) is -0.555. The number of benzene rings is 1. The van der Waals surface area contributed by atoms with Crippen molar-refractivity contribution in [2.24, 2.45) is 0 Å². The number of aliphatic hydroxyl groups excluding tert-OH is 1. The van der Waals surface area contributed by atoms with Crippen molar-refractivity contribution in [3.8, 4) is 11.5 Å². The van der Waals surface area contributed by atoms with Crippen LogP contribution in [0, 0.1) is 0 Å². The first-order chi connectivity index (χ1) is 10.1. The van der Waals surface area contributed by atoms with Crippen molar-refractivity contribution in [3.05, 3.63) is 41.3 Å². The molecule has 0 bridgehead atoms. The van der Waals surface area contributed by atoms with Crippen LogP contribution in [0.1, 0.15) is 30.0 Å². The summed E-state index contributed by atoms with van der Waals surface area (Å²) < 4.78 is 21.0. The van der Waals surface area contributed by atoms with E-state index in [1.807, 2.05) is 0 Å². The van der Waals surface area contributed by atoms with Crippen molar-refractivity contribution in [1.82, 2.24) is 5.16 Å². The molecule has 2 aromatic rings. The number of rotatable bonds is 7. The van der Waals surface area contributed by atoms with E-state index in [0.717, 1.165) is 5.56 Å². The Morgan fingerprint density at radius 3 is 2.67 bits per heavy atom. The van der Waals surface area contributed by atoms with Gasteiger partial charge in [0.25, 0.3) is 0 Å². The van der Waals surface area contributed by atoms with Crippen molar-refractivity contribution in [1.29, 1.82) is 0 Å². The summed E-state index contributed by atoms with van der Waals surface area (Å²) in [7, 11) is 3.15. The lowest BCUT2D eigenvalue weighted by Gasteiger charge is -2.12. The minimum Gasteiger partial charge on any atom is -0.493 e. The monoisotopic (exact) mass is 293 g/mol. The number of aliphatic hydroxyl groups is 1. The fraction of sp³-hybridized carbons (Fsp3) is 0.400. The van der Waals surface area contributed by atoms with Crippen molar-refractivity contribution < 1.29 is 23.8 Å². The Kier molecular flexibility index (Phi) is 5.19. The maximum Gasteiger partial charge on any atom is 0.162 e. The van der Waals surface area contributed by atoms with Gasteiger partial charge in [0.2, 0.25) is 0 Å². The second-order valence-corrected chi connectivity index (χ2v) is 4.59. The average molecular weight is 293 g/mol. The first-order valence-electron chi connectivity index (χ1n) is 6.56. The predicted molar refractivity (Wildman–Crippen MR) is 75.2 cm³/mol. The lowest BCUT2D eigenvalue weighted by atomic mass is 10.1. The molecule has 0 unspecified atom stereocenters. The van der Waals surface area contributed by atoms with Crippen molar-refractivity contribution >= 4 is 0 Å². The summed E-state index contributed by atoms with van der Waals surface area (Å²) in [5.41, 5.74) is 1.44. The summed E-state index contributed by atoms with van der Waals surface area (Å²) >= 11 is 0. The van der Waals surface area contributed by atoms with Gasteiger partial charge in [-0.25, -0.2) is 0 Å². The zero-order valence-electron chi connectivity index (χ0n) is 12.3. The summed E-state index contributed by atoms with van der Waals surface area (Å²) in [6.45, 7) is 2.33. The Bertz CT molecular complexity index is 579. The standard InChI is InChI=1S/C15H19NO5/c1-10(17)11-4-5-14(15(6-11)19-3)20-8-12-7-13(9-18-2)21-16-12/h4-7,10,17H,8-9H2,1-3H3/t10-/m1/s1. The lowest BCUT2D eigenvalue weighted by Crippen LogP contribution is -1.99. The molecule has 0 saturated carbocycles. The SMILES string of the molecule is COCc1cc(COc2ccc([C@@H](C)O)cc2OC)no1. The van der Waals surface area contributed by atoms with E-state index in [-0.39, 0.29) is 6.61 Å². The van der Waals surface area contributed by atoms with Gasteiger partial charge in [-0.1, -0.05) is 11.2 Å². The number of hydrogen-bond donors (Lipinski definition) is 1. The molecule has 1 aromatic carbocycles. The molecule has 1 atom stereocenters. The molecule has 1 heterocycles. The topological polar surface area (TPSA) is 74.0 Å². The number of hydrogen-bond acceptors (Lipinski definition) is 6. The quantitative estimate of drug-likeness (QED) is 0.845. The molecule has 1 N–H and O–H groups in total. The second kappa shape index (κ2) is 7.10. The maximum atomic E-state index is 9.57. The summed E-state index contributed by atoms with van der Waals surface area (Å²) in [4.78, 5) is 0. The molecule has 6 nitrogen and oxygen atoms in total. The van der Waals surface area contributed by atoms with Gasteiger partial charge in [0.1, 0.15) is 18.9 Å². The first kappa shape index (κ1) is 15.3. The molecule has 0 aliphatic heterocycles. The number of methoxy groups -OCH3 is 2. The molecule has 2 rings (SSSR count). The van der Waals surface area contributed by atoms with Crippen LogP contribution < -0.4 is 9.47 Å².